The second-order valence-corrected chi connectivity index (χ2v) is 14.7. The van der Waals surface area contributed by atoms with Gasteiger partial charge < -0.3 is 24.4 Å². The largest absolute Gasteiger partial charge is 0.465 e. The smallest absolute Gasteiger partial charge is 0.309 e. The first kappa shape index (κ1) is 36.9. The van der Waals surface area contributed by atoms with Crippen molar-refractivity contribution in [2.45, 2.75) is 123 Å². The van der Waals surface area contributed by atoms with Crippen LogP contribution < -0.4 is 0 Å². The number of ether oxygens (including phenoxy) is 3. The van der Waals surface area contributed by atoms with E-state index in [9.17, 15) is 34.2 Å². The number of carbonyl (C=O) groups excluding carboxylic acids is 5. The molecule has 10 atom stereocenters. The fourth-order valence-electron chi connectivity index (χ4n) is 8.64. The lowest BCUT2D eigenvalue weighted by molar-refractivity contribution is -0.232. The number of ketones is 2. The Labute approximate surface area is 276 Å². The maximum Gasteiger partial charge on any atom is 0.309 e. The highest BCUT2D eigenvalue weighted by atomic mass is 19.1. The number of aliphatic hydroxyl groups is 2. The third kappa shape index (κ3) is 6.22. The zero-order valence-electron chi connectivity index (χ0n) is 28.5. The van der Waals surface area contributed by atoms with Gasteiger partial charge in [0.2, 0.25) is 11.4 Å². The number of Topliss-reactive ketones (excluding diaryl/α,β-unsaturated/α-hetero) is 1. The fraction of sp³-hybridized carbons (Fsp3) is 0.750. The molecule has 4 aliphatic carbocycles. The summed E-state index contributed by atoms with van der Waals surface area (Å²) in [7, 11) is 0. The van der Waals surface area contributed by atoms with Gasteiger partial charge >= 0.3 is 17.9 Å². The van der Waals surface area contributed by atoms with Crippen molar-refractivity contribution >= 4 is 29.5 Å². The Morgan fingerprint density at radius 3 is 2.40 bits per heavy atom. The van der Waals surface area contributed by atoms with E-state index in [1.807, 2.05) is 20.8 Å². The average Bonchev–Trinajstić information content (AvgIpc) is 3.24. The molecule has 4 aliphatic rings. The van der Waals surface area contributed by atoms with E-state index in [0.717, 1.165) is 6.42 Å². The Morgan fingerprint density at radius 1 is 1.04 bits per heavy atom. The van der Waals surface area contributed by atoms with Gasteiger partial charge in [0.05, 0.1) is 25.0 Å². The minimum Gasteiger partial charge on any atom is -0.465 e. The lowest BCUT2D eigenvalue weighted by atomic mass is 9.44. The summed E-state index contributed by atoms with van der Waals surface area (Å²) in [6.45, 7) is 9.95. The number of alkyl halides is 1. The molecule has 0 spiro atoms. The maximum absolute atomic E-state index is 17.6. The molecule has 0 aliphatic heterocycles. The molecule has 3 fully saturated rings. The monoisotopic (exact) mass is 662 g/mol. The van der Waals surface area contributed by atoms with Gasteiger partial charge in [-0.25, -0.2) is 4.39 Å². The standard InChI is InChI=1S/C36H51FO10/c1-7-9-10-30(42)47-36(29(41)20-45-31(43)15-22(4)32(44)46-19-21(3)8-2)27(39)17-26-25-12-11-23-16-24(38)13-14-33(23,5)35(25,37)28(40)18-34(26,36)6/h13-14,16,21-22,25-28,39-40H,7-12,15,17-20H2,1-6H3. The van der Waals surface area contributed by atoms with Gasteiger partial charge in [-0.3, -0.25) is 24.0 Å². The Kier molecular flexibility index (Phi) is 10.9. The number of hydrogen-bond acceptors (Lipinski definition) is 10. The van der Waals surface area contributed by atoms with Crippen molar-refractivity contribution in [3.63, 3.8) is 0 Å². The molecule has 4 rings (SSSR count). The number of esters is 3. The van der Waals surface area contributed by atoms with E-state index in [1.165, 1.54) is 25.2 Å². The minimum atomic E-state index is -2.23. The van der Waals surface area contributed by atoms with Crippen LogP contribution in [0.15, 0.2) is 23.8 Å². The molecule has 0 bridgehead atoms. The normalized spacial score (nSPS) is 37.0. The number of allylic oxidation sites excluding steroid dienone is 4. The van der Waals surface area contributed by atoms with Crippen LogP contribution >= 0.6 is 0 Å². The minimum absolute atomic E-state index is 0.0286. The molecule has 0 saturated heterocycles. The summed E-state index contributed by atoms with van der Waals surface area (Å²) < 4.78 is 34.1. The molecule has 0 amide bonds. The van der Waals surface area contributed by atoms with Gasteiger partial charge in [0.1, 0.15) is 6.10 Å². The molecule has 0 aromatic rings. The first-order chi connectivity index (χ1) is 22.0. The second kappa shape index (κ2) is 13.9. The molecule has 0 heterocycles. The summed E-state index contributed by atoms with van der Waals surface area (Å²) in [5, 5.41) is 23.4. The zero-order chi connectivity index (χ0) is 34.9. The number of halogens is 1. The number of aliphatic hydroxyl groups excluding tert-OH is 2. The number of hydrogen-bond donors (Lipinski definition) is 2. The Balaban J connectivity index is 1.61. The maximum atomic E-state index is 17.6. The third-order valence-corrected chi connectivity index (χ3v) is 11.7. The van der Waals surface area contributed by atoms with Crippen molar-refractivity contribution in [1.82, 2.24) is 0 Å². The van der Waals surface area contributed by atoms with E-state index < -0.39 is 82.4 Å². The van der Waals surface area contributed by atoms with Crippen molar-refractivity contribution in [2.24, 2.45) is 34.5 Å². The van der Waals surface area contributed by atoms with Gasteiger partial charge in [0.25, 0.3) is 0 Å². The Morgan fingerprint density at radius 2 is 1.74 bits per heavy atom. The quantitative estimate of drug-likeness (QED) is 0.213. The van der Waals surface area contributed by atoms with E-state index in [4.69, 9.17) is 14.2 Å². The second-order valence-electron chi connectivity index (χ2n) is 14.7. The Bertz CT molecular complexity index is 1320. The number of rotatable bonds is 13. The molecule has 10 unspecified atom stereocenters. The van der Waals surface area contributed by atoms with Crippen LogP contribution in [0.3, 0.4) is 0 Å². The number of carbonyl (C=O) groups is 5. The van der Waals surface area contributed by atoms with Gasteiger partial charge in [-0.2, -0.15) is 0 Å². The van der Waals surface area contributed by atoms with Crippen molar-refractivity contribution in [3.8, 4) is 0 Å². The molecule has 11 heteroatoms. The molecule has 47 heavy (non-hydrogen) atoms. The van der Waals surface area contributed by atoms with E-state index in [0.29, 0.717) is 24.8 Å². The highest BCUT2D eigenvalue weighted by Crippen LogP contribution is 2.70. The predicted octanol–water partition coefficient (Wildman–Crippen LogP) is 4.53. The summed E-state index contributed by atoms with van der Waals surface area (Å²) in [5.41, 5.74) is -6.57. The summed E-state index contributed by atoms with van der Waals surface area (Å²) in [6, 6.07) is 0. The van der Waals surface area contributed by atoms with E-state index >= 15 is 4.39 Å². The molecule has 262 valence electrons. The molecule has 3 saturated carbocycles. The first-order valence-corrected chi connectivity index (χ1v) is 17.1. The van der Waals surface area contributed by atoms with Crippen LogP contribution in [0.5, 0.6) is 0 Å². The van der Waals surface area contributed by atoms with Crippen LogP contribution in [0.25, 0.3) is 0 Å². The van der Waals surface area contributed by atoms with Gasteiger partial charge in [0, 0.05) is 23.2 Å². The topological polar surface area (TPSA) is 154 Å². The van der Waals surface area contributed by atoms with E-state index in [-0.39, 0.29) is 50.4 Å². The molecule has 0 radical (unpaired) electrons. The van der Waals surface area contributed by atoms with Crippen molar-refractivity contribution in [2.75, 3.05) is 13.2 Å². The predicted molar refractivity (Wildman–Crippen MR) is 168 cm³/mol. The summed E-state index contributed by atoms with van der Waals surface area (Å²) >= 11 is 0. The molecule has 2 N–H and O–H groups in total. The molecular weight excluding hydrogens is 611 g/mol. The van der Waals surface area contributed by atoms with Gasteiger partial charge in [-0.05, 0) is 63.0 Å². The van der Waals surface area contributed by atoms with Gasteiger partial charge in [-0.1, -0.05) is 59.1 Å². The van der Waals surface area contributed by atoms with Crippen molar-refractivity contribution in [3.05, 3.63) is 23.8 Å². The third-order valence-electron chi connectivity index (χ3n) is 11.7. The first-order valence-electron chi connectivity index (χ1n) is 17.1. The van der Waals surface area contributed by atoms with Crippen LogP contribution in [-0.2, 0) is 38.2 Å². The highest BCUT2D eigenvalue weighted by Gasteiger charge is 2.78. The van der Waals surface area contributed by atoms with Crippen molar-refractivity contribution in [1.29, 1.82) is 0 Å². The average molecular weight is 663 g/mol. The van der Waals surface area contributed by atoms with E-state index in [2.05, 4.69) is 0 Å². The van der Waals surface area contributed by atoms with Gasteiger partial charge in [-0.15, -0.1) is 0 Å². The highest BCUT2D eigenvalue weighted by molar-refractivity contribution is 6.01. The van der Waals surface area contributed by atoms with Crippen LogP contribution in [0.2, 0.25) is 0 Å². The van der Waals surface area contributed by atoms with Crippen LogP contribution in [-0.4, -0.2) is 76.4 Å². The summed E-state index contributed by atoms with van der Waals surface area (Å²) in [4.78, 5) is 64.7. The van der Waals surface area contributed by atoms with Crippen LogP contribution in [0, 0.1) is 34.5 Å². The Hall–Kier alpha value is -2.92. The molecule has 0 aromatic carbocycles. The zero-order valence-corrected chi connectivity index (χ0v) is 28.5. The van der Waals surface area contributed by atoms with Gasteiger partial charge in [0.15, 0.2) is 18.1 Å². The summed E-state index contributed by atoms with van der Waals surface area (Å²) in [6.07, 6.45) is 2.83. The molecular formula is C36H51FO10. The fourth-order valence-corrected chi connectivity index (χ4v) is 8.64. The van der Waals surface area contributed by atoms with E-state index in [1.54, 1.807) is 13.8 Å². The summed E-state index contributed by atoms with van der Waals surface area (Å²) in [5.74, 6) is -5.49. The van der Waals surface area contributed by atoms with Crippen molar-refractivity contribution < 1.29 is 52.8 Å². The SMILES string of the molecule is CCCCC(=O)OC1(C(=O)COC(=O)CC(C)C(=O)OCC(C)CC)C(O)CC2C3CCC4=CC(=O)C=CC4(C)C3(F)C(O)CC21C. The number of unbranched alkanes of at least 4 members (excludes halogenated alkanes) is 1. The van der Waals surface area contributed by atoms with Crippen LogP contribution in [0.4, 0.5) is 4.39 Å². The molecule has 10 nitrogen and oxygen atoms in total. The lowest BCUT2D eigenvalue weighted by Gasteiger charge is -2.62. The number of fused-ring (bicyclic) bond motifs is 5. The lowest BCUT2D eigenvalue weighted by Crippen LogP contribution is -2.70. The van der Waals surface area contributed by atoms with Crippen LogP contribution in [0.1, 0.15) is 99.3 Å². The molecule has 0 aromatic heterocycles.